The summed E-state index contributed by atoms with van der Waals surface area (Å²) in [4.78, 5) is 32.4. The van der Waals surface area contributed by atoms with Gasteiger partial charge in [-0.1, -0.05) is 18.2 Å². The van der Waals surface area contributed by atoms with Crippen LogP contribution in [0.15, 0.2) is 24.3 Å². The zero-order valence-corrected chi connectivity index (χ0v) is 9.51. The minimum Gasteiger partial charge on any atom is -0.300 e. The quantitative estimate of drug-likeness (QED) is 0.558. The van der Waals surface area contributed by atoms with Crippen molar-refractivity contribution >= 4 is 17.3 Å². The van der Waals surface area contributed by atoms with Gasteiger partial charge in [-0.05, 0) is 6.92 Å². The number of ketones is 2. The van der Waals surface area contributed by atoms with Gasteiger partial charge in [0.25, 0.3) is 5.69 Å². The van der Waals surface area contributed by atoms with Gasteiger partial charge in [0.15, 0.2) is 0 Å². The van der Waals surface area contributed by atoms with Gasteiger partial charge in [-0.25, -0.2) is 0 Å². The fourth-order valence-corrected chi connectivity index (χ4v) is 1.45. The summed E-state index contributed by atoms with van der Waals surface area (Å²) in [6, 6.07) is 6.14. The molecular formula is C12H13NO4. The number of para-hydroxylation sites is 1. The molecule has 90 valence electrons. The topological polar surface area (TPSA) is 77.3 Å². The first-order valence-electron chi connectivity index (χ1n) is 5.24. The molecule has 0 saturated heterocycles. The van der Waals surface area contributed by atoms with E-state index in [9.17, 15) is 19.7 Å². The molecule has 0 saturated carbocycles. The van der Waals surface area contributed by atoms with Crippen LogP contribution in [0.2, 0.25) is 0 Å². The monoisotopic (exact) mass is 235 g/mol. The number of Topliss-reactive ketones (excluding diaryl/α,β-unsaturated/α-hetero) is 2. The molecule has 1 aromatic rings. The molecule has 1 rings (SSSR count). The Balaban J connectivity index is 2.71. The van der Waals surface area contributed by atoms with Crippen LogP contribution >= 0.6 is 0 Å². The van der Waals surface area contributed by atoms with Gasteiger partial charge in [-0.2, -0.15) is 0 Å². The Bertz CT molecular complexity index is 454. The van der Waals surface area contributed by atoms with Gasteiger partial charge >= 0.3 is 0 Å². The summed E-state index contributed by atoms with van der Waals surface area (Å²) in [6.07, 6.45) is 0.339. The smallest absolute Gasteiger partial charge is 0.273 e. The maximum Gasteiger partial charge on any atom is 0.273 e. The van der Waals surface area contributed by atoms with E-state index >= 15 is 0 Å². The van der Waals surface area contributed by atoms with Crippen LogP contribution in [0.1, 0.15) is 25.3 Å². The van der Waals surface area contributed by atoms with Crippen LogP contribution in [-0.4, -0.2) is 16.5 Å². The van der Waals surface area contributed by atoms with E-state index in [0.717, 1.165) is 0 Å². The SMILES string of the molecule is CC(=O)CCC(=O)Cc1ccccc1[N+](=O)[O-]. The molecule has 0 bridgehead atoms. The number of nitro benzene ring substituents is 1. The second kappa shape index (κ2) is 5.89. The number of rotatable bonds is 6. The van der Waals surface area contributed by atoms with Crippen molar-refractivity contribution in [2.45, 2.75) is 26.2 Å². The molecule has 0 radical (unpaired) electrons. The molecule has 1 aromatic carbocycles. The van der Waals surface area contributed by atoms with E-state index in [1.807, 2.05) is 0 Å². The average Bonchev–Trinajstić information content (AvgIpc) is 2.27. The number of benzene rings is 1. The Kier molecular flexibility index (Phi) is 4.51. The zero-order valence-electron chi connectivity index (χ0n) is 9.51. The second-order valence-electron chi connectivity index (χ2n) is 3.80. The van der Waals surface area contributed by atoms with E-state index in [0.29, 0.717) is 5.56 Å². The molecule has 5 nitrogen and oxygen atoms in total. The van der Waals surface area contributed by atoms with E-state index in [2.05, 4.69) is 0 Å². The predicted molar refractivity (Wildman–Crippen MR) is 61.7 cm³/mol. The molecule has 0 aliphatic carbocycles. The molecule has 0 N–H and O–H groups in total. The third-order valence-electron chi connectivity index (χ3n) is 2.33. The molecule has 0 heterocycles. The molecule has 0 amide bonds. The van der Waals surface area contributed by atoms with E-state index in [1.54, 1.807) is 18.2 Å². The van der Waals surface area contributed by atoms with Crippen molar-refractivity contribution in [2.24, 2.45) is 0 Å². The highest BCUT2D eigenvalue weighted by Gasteiger charge is 2.15. The number of hydrogen-bond donors (Lipinski definition) is 0. The number of carbonyl (C=O) groups is 2. The van der Waals surface area contributed by atoms with Gasteiger partial charge in [-0.3, -0.25) is 14.9 Å². The van der Waals surface area contributed by atoms with Gasteiger partial charge < -0.3 is 4.79 Å². The molecule has 0 aliphatic heterocycles. The minimum absolute atomic E-state index is 0.00440. The minimum atomic E-state index is -0.506. The van der Waals surface area contributed by atoms with Crippen LogP contribution in [0, 0.1) is 10.1 Å². The zero-order chi connectivity index (χ0) is 12.8. The van der Waals surface area contributed by atoms with Crippen LogP contribution < -0.4 is 0 Å². The second-order valence-corrected chi connectivity index (χ2v) is 3.80. The Labute approximate surface area is 98.6 Å². The van der Waals surface area contributed by atoms with E-state index in [1.165, 1.54) is 13.0 Å². The summed E-state index contributed by atoms with van der Waals surface area (Å²) in [7, 11) is 0. The van der Waals surface area contributed by atoms with Crippen LogP contribution in [0.25, 0.3) is 0 Å². The Hall–Kier alpha value is -2.04. The van der Waals surface area contributed by atoms with Crippen molar-refractivity contribution in [2.75, 3.05) is 0 Å². The molecule has 0 spiro atoms. The standard InChI is InChI=1S/C12H13NO4/c1-9(14)6-7-11(15)8-10-4-2-3-5-12(10)13(16)17/h2-5H,6-8H2,1H3. The third kappa shape index (κ3) is 4.14. The summed E-state index contributed by atoms with van der Waals surface area (Å²) < 4.78 is 0. The Morgan fingerprint density at radius 1 is 1.24 bits per heavy atom. The first-order chi connectivity index (χ1) is 8.00. The van der Waals surface area contributed by atoms with Crippen LogP contribution in [0.5, 0.6) is 0 Å². The fraction of sp³-hybridized carbons (Fsp3) is 0.333. The van der Waals surface area contributed by atoms with Crippen molar-refractivity contribution in [3.63, 3.8) is 0 Å². The first kappa shape index (κ1) is 13.0. The van der Waals surface area contributed by atoms with Crippen LogP contribution in [0.4, 0.5) is 5.69 Å². The van der Waals surface area contributed by atoms with Crippen molar-refractivity contribution in [1.29, 1.82) is 0 Å². The number of carbonyl (C=O) groups excluding carboxylic acids is 2. The lowest BCUT2D eigenvalue weighted by molar-refractivity contribution is -0.385. The van der Waals surface area contributed by atoms with Gasteiger partial charge in [0.2, 0.25) is 0 Å². The van der Waals surface area contributed by atoms with Crippen molar-refractivity contribution in [3.05, 3.63) is 39.9 Å². The highest BCUT2D eigenvalue weighted by atomic mass is 16.6. The van der Waals surface area contributed by atoms with Crippen molar-refractivity contribution in [3.8, 4) is 0 Å². The molecule has 5 heteroatoms. The highest BCUT2D eigenvalue weighted by Crippen LogP contribution is 2.18. The fourth-order valence-electron chi connectivity index (χ4n) is 1.45. The Morgan fingerprint density at radius 2 is 1.88 bits per heavy atom. The molecular weight excluding hydrogens is 222 g/mol. The van der Waals surface area contributed by atoms with Crippen LogP contribution in [-0.2, 0) is 16.0 Å². The van der Waals surface area contributed by atoms with Crippen LogP contribution in [0.3, 0.4) is 0 Å². The molecule has 0 fully saturated rings. The highest BCUT2D eigenvalue weighted by molar-refractivity contribution is 5.86. The summed E-state index contributed by atoms with van der Waals surface area (Å²) in [5.74, 6) is -0.213. The van der Waals surface area contributed by atoms with Gasteiger partial charge in [0, 0.05) is 30.9 Å². The van der Waals surface area contributed by atoms with E-state index in [-0.39, 0.29) is 36.5 Å². The van der Waals surface area contributed by atoms with Gasteiger partial charge in [0.1, 0.15) is 11.6 Å². The summed E-state index contributed by atoms with van der Waals surface area (Å²) in [6.45, 7) is 1.41. The molecule has 0 aliphatic rings. The van der Waals surface area contributed by atoms with Gasteiger partial charge in [-0.15, -0.1) is 0 Å². The lowest BCUT2D eigenvalue weighted by Crippen LogP contribution is -2.06. The third-order valence-corrected chi connectivity index (χ3v) is 2.33. The maximum atomic E-state index is 11.5. The Morgan fingerprint density at radius 3 is 2.47 bits per heavy atom. The maximum absolute atomic E-state index is 11.5. The number of nitrogens with zero attached hydrogens (tertiary/aromatic N) is 1. The van der Waals surface area contributed by atoms with Gasteiger partial charge in [0.05, 0.1) is 4.92 Å². The molecule has 17 heavy (non-hydrogen) atoms. The number of nitro groups is 1. The van der Waals surface area contributed by atoms with Crippen molar-refractivity contribution < 1.29 is 14.5 Å². The lowest BCUT2D eigenvalue weighted by Gasteiger charge is -2.01. The average molecular weight is 235 g/mol. The predicted octanol–water partition coefficient (Wildman–Crippen LogP) is 2.08. The summed E-state index contributed by atoms with van der Waals surface area (Å²) in [5, 5.41) is 10.7. The molecule has 0 unspecified atom stereocenters. The van der Waals surface area contributed by atoms with E-state index < -0.39 is 4.92 Å². The largest absolute Gasteiger partial charge is 0.300 e. The molecule has 0 atom stereocenters. The lowest BCUT2D eigenvalue weighted by atomic mass is 10.0. The van der Waals surface area contributed by atoms with Crippen molar-refractivity contribution in [1.82, 2.24) is 0 Å². The number of hydrogen-bond acceptors (Lipinski definition) is 4. The summed E-state index contributed by atoms with van der Waals surface area (Å²) in [5.41, 5.74) is 0.342. The first-order valence-corrected chi connectivity index (χ1v) is 5.24. The summed E-state index contributed by atoms with van der Waals surface area (Å²) >= 11 is 0. The normalized spacial score (nSPS) is 9.94. The molecule has 0 aromatic heterocycles. The van der Waals surface area contributed by atoms with E-state index in [4.69, 9.17) is 0 Å².